The second-order valence-electron chi connectivity index (χ2n) is 3.20. The topological polar surface area (TPSA) is 54.4 Å². The third-order valence-corrected chi connectivity index (χ3v) is 2.65. The quantitative estimate of drug-likeness (QED) is 0.585. The lowest BCUT2D eigenvalue weighted by atomic mass is 9.90. The van der Waals surface area contributed by atoms with Crippen LogP contribution in [0.5, 0.6) is 0 Å². The number of rotatable bonds is 1. The number of alkyl halides is 1. The van der Waals surface area contributed by atoms with Crippen molar-refractivity contribution in [3.8, 4) is 0 Å². The number of hydrogen-bond donors (Lipinski definition) is 1. The molecule has 0 radical (unpaired) electrons. The summed E-state index contributed by atoms with van der Waals surface area (Å²) in [4.78, 5) is 22.5. The zero-order valence-corrected chi connectivity index (χ0v) is 8.36. The molecule has 0 fully saturated rings. The largest absolute Gasteiger partial charge is 0.478 e. The van der Waals surface area contributed by atoms with Crippen molar-refractivity contribution in [1.82, 2.24) is 0 Å². The van der Waals surface area contributed by atoms with Crippen molar-refractivity contribution in [2.45, 2.75) is 5.38 Å². The normalized spacial score (nSPS) is 19.4. The first-order valence-corrected chi connectivity index (χ1v) is 4.77. The minimum atomic E-state index is -1.24. The average Bonchev–Trinajstić information content (AvgIpc) is 2.23. The van der Waals surface area contributed by atoms with E-state index in [0.29, 0.717) is 11.1 Å². The van der Waals surface area contributed by atoms with E-state index in [1.54, 1.807) is 24.3 Å². The maximum absolute atomic E-state index is 11.7. The van der Waals surface area contributed by atoms with Crippen LogP contribution in [0.3, 0.4) is 0 Å². The predicted octanol–water partition coefficient (Wildman–Crippen LogP) is 2.17. The highest BCUT2D eigenvalue weighted by Gasteiger charge is 2.28. The molecule has 1 unspecified atom stereocenters. The molecule has 0 saturated carbocycles. The number of Topliss-reactive ketones (excluding diaryl/α,β-unsaturated/α-hetero) is 1. The first-order valence-electron chi connectivity index (χ1n) is 4.34. The van der Waals surface area contributed by atoms with Crippen LogP contribution < -0.4 is 0 Å². The number of carbonyl (C=O) groups is 2. The maximum Gasteiger partial charge on any atom is 0.339 e. The van der Waals surface area contributed by atoms with Gasteiger partial charge in [0.05, 0.1) is 5.38 Å². The Labute approximate surface area is 91.0 Å². The number of carboxylic acids is 1. The van der Waals surface area contributed by atoms with Gasteiger partial charge in [-0.3, -0.25) is 4.79 Å². The lowest BCUT2D eigenvalue weighted by Gasteiger charge is -2.17. The van der Waals surface area contributed by atoms with Gasteiger partial charge in [0.1, 0.15) is 5.57 Å². The van der Waals surface area contributed by atoms with E-state index in [-0.39, 0.29) is 5.57 Å². The van der Waals surface area contributed by atoms with Crippen molar-refractivity contribution in [2.24, 2.45) is 0 Å². The molecule has 3 nitrogen and oxygen atoms in total. The second kappa shape index (κ2) is 3.51. The molecule has 15 heavy (non-hydrogen) atoms. The third kappa shape index (κ3) is 1.55. The lowest BCUT2D eigenvalue weighted by Crippen LogP contribution is -2.19. The van der Waals surface area contributed by atoms with Gasteiger partial charge in [-0.25, -0.2) is 4.79 Å². The number of ketones is 1. The van der Waals surface area contributed by atoms with Gasteiger partial charge in [0.25, 0.3) is 0 Å². The first kappa shape index (κ1) is 9.93. The first-order chi connectivity index (χ1) is 7.11. The van der Waals surface area contributed by atoms with Gasteiger partial charge < -0.3 is 5.11 Å². The van der Waals surface area contributed by atoms with Crippen LogP contribution in [0.2, 0.25) is 0 Å². The van der Waals surface area contributed by atoms with Gasteiger partial charge in [-0.05, 0) is 11.6 Å². The lowest BCUT2D eigenvalue weighted by molar-refractivity contribution is -0.132. The van der Waals surface area contributed by atoms with Crippen LogP contribution in [0.25, 0.3) is 0 Å². The van der Waals surface area contributed by atoms with Crippen molar-refractivity contribution >= 4 is 23.4 Å². The predicted molar refractivity (Wildman–Crippen MR) is 55.1 cm³/mol. The Balaban J connectivity index is 2.58. The molecule has 0 aliphatic heterocycles. The molecule has 0 bridgehead atoms. The van der Waals surface area contributed by atoms with E-state index in [9.17, 15) is 9.59 Å². The molecule has 0 aromatic heterocycles. The maximum atomic E-state index is 11.7. The second-order valence-corrected chi connectivity index (χ2v) is 3.67. The fourth-order valence-electron chi connectivity index (χ4n) is 1.57. The van der Waals surface area contributed by atoms with Crippen LogP contribution in [0, 0.1) is 0 Å². The minimum Gasteiger partial charge on any atom is -0.478 e. The summed E-state index contributed by atoms with van der Waals surface area (Å²) >= 11 is 5.96. The number of benzene rings is 1. The van der Waals surface area contributed by atoms with Gasteiger partial charge in [0, 0.05) is 5.56 Å². The van der Waals surface area contributed by atoms with Crippen molar-refractivity contribution in [1.29, 1.82) is 0 Å². The fourth-order valence-corrected chi connectivity index (χ4v) is 1.89. The summed E-state index contributed by atoms with van der Waals surface area (Å²) in [5.41, 5.74) is 0.778. The van der Waals surface area contributed by atoms with E-state index in [4.69, 9.17) is 16.7 Å². The molecule has 76 valence electrons. The van der Waals surface area contributed by atoms with E-state index in [1.807, 2.05) is 0 Å². The Morgan fingerprint density at radius 1 is 1.33 bits per heavy atom. The summed E-state index contributed by atoms with van der Waals surface area (Å²) in [6, 6.07) is 6.76. The van der Waals surface area contributed by atoms with Gasteiger partial charge >= 0.3 is 5.97 Å². The molecular weight excluding hydrogens is 216 g/mol. The van der Waals surface area contributed by atoms with Crippen molar-refractivity contribution in [3.63, 3.8) is 0 Å². The van der Waals surface area contributed by atoms with E-state index < -0.39 is 17.1 Å². The molecule has 2 rings (SSSR count). The Morgan fingerprint density at radius 3 is 2.67 bits per heavy atom. The highest BCUT2D eigenvalue weighted by atomic mass is 35.5. The Kier molecular flexibility index (Phi) is 2.32. The van der Waals surface area contributed by atoms with Crippen LogP contribution in [0.1, 0.15) is 21.3 Å². The van der Waals surface area contributed by atoms with Crippen LogP contribution in [-0.2, 0) is 4.79 Å². The summed E-state index contributed by atoms with van der Waals surface area (Å²) in [7, 11) is 0. The van der Waals surface area contributed by atoms with Crippen molar-refractivity contribution in [2.75, 3.05) is 0 Å². The molecule has 0 amide bonds. The van der Waals surface area contributed by atoms with Gasteiger partial charge in [-0.15, -0.1) is 11.6 Å². The van der Waals surface area contributed by atoms with E-state index in [0.717, 1.165) is 0 Å². The van der Waals surface area contributed by atoms with Crippen molar-refractivity contribution < 1.29 is 14.7 Å². The monoisotopic (exact) mass is 222 g/mol. The zero-order valence-electron chi connectivity index (χ0n) is 7.61. The molecule has 0 saturated heterocycles. The summed E-state index contributed by atoms with van der Waals surface area (Å²) in [6.45, 7) is 0. The molecule has 1 N–H and O–H groups in total. The van der Waals surface area contributed by atoms with E-state index in [2.05, 4.69) is 0 Å². The van der Waals surface area contributed by atoms with E-state index in [1.165, 1.54) is 6.08 Å². The molecule has 0 spiro atoms. The summed E-state index contributed by atoms with van der Waals surface area (Å²) in [5, 5.41) is 8.25. The standard InChI is InChI=1S/C11H7ClO3/c12-9-5-8(11(14)15)10(13)7-4-2-1-3-6(7)9/h1-5,9H,(H,14,15). The third-order valence-electron chi connectivity index (χ3n) is 2.29. The molecular formula is C11H7ClO3. The number of fused-ring (bicyclic) bond motifs is 1. The van der Waals surface area contributed by atoms with E-state index >= 15 is 0 Å². The molecule has 1 aliphatic carbocycles. The summed E-state index contributed by atoms with van der Waals surface area (Å²) in [6.07, 6.45) is 1.27. The molecule has 1 atom stereocenters. The number of aliphatic carboxylic acids is 1. The van der Waals surface area contributed by atoms with Gasteiger partial charge in [-0.1, -0.05) is 24.3 Å². The summed E-state index contributed by atoms with van der Waals surface area (Å²) < 4.78 is 0. The smallest absolute Gasteiger partial charge is 0.339 e. The number of carboxylic acid groups (broad SMARTS) is 1. The summed E-state index contributed by atoms with van der Waals surface area (Å²) in [5.74, 6) is -1.71. The minimum absolute atomic E-state index is 0.256. The average molecular weight is 223 g/mol. The van der Waals surface area contributed by atoms with Gasteiger partial charge in [0.15, 0.2) is 5.78 Å². The van der Waals surface area contributed by atoms with Crippen LogP contribution >= 0.6 is 11.6 Å². The highest BCUT2D eigenvalue weighted by Crippen LogP contribution is 2.32. The van der Waals surface area contributed by atoms with Gasteiger partial charge in [-0.2, -0.15) is 0 Å². The zero-order chi connectivity index (χ0) is 11.0. The van der Waals surface area contributed by atoms with Crippen LogP contribution in [0.4, 0.5) is 0 Å². The SMILES string of the molecule is O=C(O)C1=CC(Cl)c2ccccc2C1=O. The Bertz CT molecular complexity index is 476. The van der Waals surface area contributed by atoms with Crippen LogP contribution in [-0.4, -0.2) is 16.9 Å². The fraction of sp³-hybridized carbons (Fsp3) is 0.0909. The molecule has 1 aliphatic rings. The van der Waals surface area contributed by atoms with Gasteiger partial charge in [0.2, 0.25) is 0 Å². The number of allylic oxidation sites excluding steroid dienone is 1. The Hall–Kier alpha value is -1.61. The number of halogens is 1. The van der Waals surface area contributed by atoms with Crippen molar-refractivity contribution in [3.05, 3.63) is 47.0 Å². The van der Waals surface area contributed by atoms with Crippen LogP contribution in [0.15, 0.2) is 35.9 Å². The number of hydrogen-bond acceptors (Lipinski definition) is 2. The molecule has 1 aromatic rings. The Morgan fingerprint density at radius 2 is 2.00 bits per heavy atom. The number of carbonyl (C=O) groups excluding carboxylic acids is 1. The molecule has 1 aromatic carbocycles. The molecule has 4 heteroatoms. The molecule has 0 heterocycles. The highest BCUT2D eigenvalue weighted by molar-refractivity contribution is 6.30.